The Hall–Kier alpha value is -3.15. The van der Waals surface area contributed by atoms with E-state index in [0.717, 1.165) is 5.56 Å². The van der Waals surface area contributed by atoms with E-state index in [1.807, 2.05) is 12.1 Å². The summed E-state index contributed by atoms with van der Waals surface area (Å²) in [6.07, 6.45) is 2.99. The van der Waals surface area contributed by atoms with Crippen LogP contribution in [0.4, 0.5) is 0 Å². The molecule has 0 saturated carbocycles. The molecule has 1 aliphatic heterocycles. The minimum absolute atomic E-state index is 0.0687. The Kier molecular flexibility index (Phi) is 7.32. The fourth-order valence-corrected chi connectivity index (χ4v) is 3.22. The molecular weight excluding hydrogens is 358 g/mol. The van der Waals surface area contributed by atoms with Crippen molar-refractivity contribution in [1.82, 2.24) is 0 Å². The largest absolute Gasteiger partial charge is 0.497 e. The lowest BCUT2D eigenvalue weighted by atomic mass is 9.75. The van der Waals surface area contributed by atoms with E-state index in [2.05, 4.69) is 18.2 Å². The number of hydrogen-bond donors (Lipinski definition) is 0. The second-order valence-corrected chi connectivity index (χ2v) is 6.29. The predicted octanol–water partition coefficient (Wildman–Crippen LogP) is 3.60. The number of ether oxygens (including phenoxy) is 3. The van der Waals surface area contributed by atoms with E-state index >= 15 is 0 Å². The fourth-order valence-electron chi connectivity index (χ4n) is 3.22. The fraction of sp³-hybridized carbons (Fsp3) is 0.318. The van der Waals surface area contributed by atoms with Gasteiger partial charge in [0.15, 0.2) is 0 Å². The van der Waals surface area contributed by atoms with Gasteiger partial charge in [-0.05, 0) is 31.5 Å². The van der Waals surface area contributed by atoms with Gasteiger partial charge in [-0.1, -0.05) is 37.4 Å². The van der Waals surface area contributed by atoms with Crippen LogP contribution >= 0.6 is 0 Å². The first-order chi connectivity index (χ1) is 13.4. The molecule has 1 aromatic rings. The molecule has 6 nitrogen and oxygen atoms in total. The molecule has 0 spiro atoms. The summed E-state index contributed by atoms with van der Waals surface area (Å²) in [5, 5.41) is 0. The van der Waals surface area contributed by atoms with E-state index in [-0.39, 0.29) is 13.2 Å². The molecule has 1 aromatic carbocycles. The zero-order valence-electron chi connectivity index (χ0n) is 16.4. The smallest absolute Gasteiger partial charge is 0.336 e. The van der Waals surface area contributed by atoms with Crippen LogP contribution in [0.15, 0.2) is 65.8 Å². The van der Waals surface area contributed by atoms with Gasteiger partial charge in [0, 0.05) is 17.3 Å². The number of hydrogen-bond acceptors (Lipinski definition) is 6. The predicted molar refractivity (Wildman–Crippen MR) is 107 cm³/mol. The van der Waals surface area contributed by atoms with E-state index in [0.29, 0.717) is 22.7 Å². The minimum Gasteiger partial charge on any atom is -0.497 e. The number of carbonyl (C=O) groups excluding carboxylic acids is 2. The van der Waals surface area contributed by atoms with Gasteiger partial charge in [0.25, 0.3) is 0 Å². The Bertz CT molecular complexity index is 820. The van der Waals surface area contributed by atoms with Crippen LogP contribution in [0.2, 0.25) is 0 Å². The van der Waals surface area contributed by atoms with Gasteiger partial charge in [0.2, 0.25) is 0 Å². The van der Waals surface area contributed by atoms with Crippen LogP contribution in [0.3, 0.4) is 0 Å². The first-order valence-electron chi connectivity index (χ1n) is 8.90. The van der Waals surface area contributed by atoms with Crippen molar-refractivity contribution in [2.45, 2.75) is 19.8 Å². The summed E-state index contributed by atoms with van der Waals surface area (Å²) in [5.74, 6) is -1.66. The number of allylic oxidation sites excluding steroid dienone is 1. The van der Waals surface area contributed by atoms with Crippen molar-refractivity contribution in [3.63, 3.8) is 0 Å². The first kappa shape index (κ1) is 21.2. The van der Waals surface area contributed by atoms with Crippen molar-refractivity contribution in [1.29, 1.82) is 0 Å². The van der Waals surface area contributed by atoms with E-state index < -0.39 is 23.8 Å². The van der Waals surface area contributed by atoms with Gasteiger partial charge >= 0.3 is 11.9 Å². The third kappa shape index (κ3) is 4.57. The monoisotopic (exact) mass is 383 g/mol. The third-order valence-corrected chi connectivity index (χ3v) is 4.45. The summed E-state index contributed by atoms with van der Waals surface area (Å²) >= 11 is 0. The molecule has 0 bridgehead atoms. The van der Waals surface area contributed by atoms with E-state index in [1.165, 1.54) is 12.2 Å². The van der Waals surface area contributed by atoms with E-state index in [1.54, 1.807) is 33.1 Å². The molecule has 2 atom stereocenters. The average Bonchev–Trinajstić information content (AvgIpc) is 2.69. The van der Waals surface area contributed by atoms with Crippen LogP contribution in [0.5, 0.6) is 5.75 Å². The molecule has 1 heterocycles. The number of methoxy groups -OCH3 is 1. The summed E-state index contributed by atoms with van der Waals surface area (Å²) in [6, 6.07) is 7.21. The maximum atomic E-state index is 12.8. The van der Waals surface area contributed by atoms with Crippen LogP contribution in [0.25, 0.3) is 0 Å². The molecule has 0 amide bonds. The molecule has 0 aliphatic carbocycles. The second kappa shape index (κ2) is 9.69. The van der Waals surface area contributed by atoms with Gasteiger partial charge in [-0.2, -0.15) is 0 Å². The van der Waals surface area contributed by atoms with E-state index in [4.69, 9.17) is 14.2 Å². The number of carbonyl (C=O) groups is 2. The van der Waals surface area contributed by atoms with Gasteiger partial charge in [-0.3, -0.25) is 9.79 Å². The molecule has 1 unspecified atom stereocenters. The number of aliphatic imine (C=N–C) groups is 1. The molecular formula is C22H25NO5. The van der Waals surface area contributed by atoms with Gasteiger partial charge < -0.3 is 14.2 Å². The van der Waals surface area contributed by atoms with Crippen molar-refractivity contribution >= 4 is 17.7 Å². The zero-order valence-corrected chi connectivity index (χ0v) is 16.4. The summed E-state index contributed by atoms with van der Waals surface area (Å²) < 4.78 is 15.8. The lowest BCUT2D eigenvalue weighted by molar-refractivity contribution is -0.145. The highest BCUT2D eigenvalue weighted by Crippen LogP contribution is 2.40. The highest BCUT2D eigenvalue weighted by molar-refractivity contribution is 6.07. The maximum absolute atomic E-state index is 12.8. The van der Waals surface area contributed by atoms with Crippen LogP contribution in [-0.2, 0) is 19.1 Å². The Morgan fingerprint density at radius 1 is 1.07 bits per heavy atom. The lowest BCUT2D eigenvalue weighted by Crippen LogP contribution is -2.36. The number of rotatable bonds is 8. The maximum Gasteiger partial charge on any atom is 0.336 e. The Balaban J connectivity index is 2.55. The van der Waals surface area contributed by atoms with Crippen molar-refractivity contribution < 1.29 is 23.8 Å². The standard InChI is InChI=1S/C22H25NO5/c1-6-12-27-21(24)18-14(3)23-15(4)19(22(25)28-13-7-2)20(18)16-8-10-17(26-5)11-9-16/h6-11,18,20H,1-2,12-13H2,3-5H3/t18?,20-/m0/s1. The molecule has 0 saturated heterocycles. The van der Waals surface area contributed by atoms with Gasteiger partial charge in [0.1, 0.15) is 24.9 Å². The summed E-state index contributed by atoms with van der Waals surface area (Å²) in [4.78, 5) is 30.0. The highest BCUT2D eigenvalue weighted by Gasteiger charge is 2.42. The Labute approximate surface area is 165 Å². The molecule has 148 valence electrons. The van der Waals surface area contributed by atoms with Gasteiger partial charge in [-0.25, -0.2) is 4.79 Å². The summed E-state index contributed by atoms with van der Waals surface area (Å²) in [7, 11) is 1.57. The van der Waals surface area contributed by atoms with Crippen molar-refractivity contribution in [2.75, 3.05) is 20.3 Å². The topological polar surface area (TPSA) is 74.2 Å². The molecule has 0 fully saturated rings. The summed E-state index contributed by atoms with van der Waals surface area (Å²) in [6.45, 7) is 10.8. The third-order valence-electron chi connectivity index (χ3n) is 4.45. The van der Waals surface area contributed by atoms with Crippen LogP contribution in [0, 0.1) is 5.92 Å². The van der Waals surface area contributed by atoms with Crippen molar-refractivity contribution in [3.8, 4) is 5.75 Å². The van der Waals surface area contributed by atoms with Crippen LogP contribution in [0.1, 0.15) is 25.3 Å². The number of esters is 2. The second-order valence-electron chi connectivity index (χ2n) is 6.29. The SMILES string of the molecule is C=CCOC(=O)C1=C(C)N=C(C)C(C(=O)OCC=C)[C@@H]1c1ccc(OC)cc1. The average molecular weight is 383 g/mol. The molecule has 0 N–H and O–H groups in total. The van der Waals surface area contributed by atoms with Gasteiger partial charge in [0.05, 0.1) is 12.7 Å². The van der Waals surface area contributed by atoms with Crippen LogP contribution < -0.4 is 4.74 Å². The van der Waals surface area contributed by atoms with Crippen LogP contribution in [-0.4, -0.2) is 38.0 Å². The normalized spacial score (nSPS) is 18.8. The molecule has 0 radical (unpaired) electrons. The molecule has 0 aromatic heterocycles. The molecule has 28 heavy (non-hydrogen) atoms. The number of benzene rings is 1. The molecule has 2 rings (SSSR count). The quantitative estimate of drug-likeness (QED) is 0.506. The van der Waals surface area contributed by atoms with Crippen molar-refractivity contribution in [3.05, 3.63) is 66.4 Å². The van der Waals surface area contributed by atoms with Crippen molar-refractivity contribution in [2.24, 2.45) is 10.9 Å². The highest BCUT2D eigenvalue weighted by atomic mass is 16.5. The van der Waals surface area contributed by atoms with E-state index in [9.17, 15) is 9.59 Å². The zero-order chi connectivity index (χ0) is 20.7. The minimum atomic E-state index is -0.747. The Morgan fingerprint density at radius 2 is 1.68 bits per heavy atom. The Morgan fingerprint density at radius 3 is 2.25 bits per heavy atom. The number of nitrogens with zero attached hydrogens (tertiary/aromatic N) is 1. The molecule has 6 heteroatoms. The van der Waals surface area contributed by atoms with Gasteiger partial charge in [-0.15, -0.1) is 0 Å². The first-order valence-corrected chi connectivity index (χ1v) is 8.90. The molecule has 1 aliphatic rings. The lowest BCUT2D eigenvalue weighted by Gasteiger charge is -2.31. The summed E-state index contributed by atoms with van der Waals surface area (Å²) in [5.41, 5.74) is 2.19.